The van der Waals surface area contributed by atoms with Crippen LogP contribution in [-0.4, -0.2) is 20.9 Å². The molecule has 6 heteroatoms. The number of carboxylic acids is 1. The van der Waals surface area contributed by atoms with Gasteiger partial charge >= 0.3 is 5.97 Å². The lowest BCUT2D eigenvalue weighted by atomic mass is 10.2. The molecule has 0 amide bonds. The van der Waals surface area contributed by atoms with Crippen molar-refractivity contribution < 1.29 is 14.3 Å². The molecule has 1 aromatic carbocycles. The summed E-state index contributed by atoms with van der Waals surface area (Å²) in [5.41, 5.74) is -0.979. The first kappa shape index (κ1) is 11.1. The van der Waals surface area contributed by atoms with Crippen molar-refractivity contribution in [2.45, 2.75) is 6.92 Å². The summed E-state index contributed by atoms with van der Waals surface area (Å²) in [5.74, 6) is -1.94. The van der Waals surface area contributed by atoms with Crippen LogP contribution in [0.4, 0.5) is 4.39 Å². The van der Waals surface area contributed by atoms with Crippen LogP contribution in [0.3, 0.4) is 0 Å². The topological polar surface area (TPSA) is 75.1 Å². The molecule has 0 spiro atoms. The first-order chi connectivity index (χ1) is 8.02. The lowest BCUT2D eigenvalue weighted by Gasteiger charge is -2.01. The standard InChI is InChI=1S/C11H9FN2O3/c1-6-9(11(16)17)10(15)14(13-6)8-5-3-2-4-7(8)12/h2-5,13H,1H3,(H,16,17). The minimum absolute atomic E-state index is 0.00639. The molecule has 0 atom stereocenters. The molecule has 2 N–H and O–H groups in total. The number of nitrogens with one attached hydrogen (secondary N) is 1. The molecule has 1 aromatic heterocycles. The van der Waals surface area contributed by atoms with Crippen molar-refractivity contribution in [1.82, 2.24) is 9.78 Å². The van der Waals surface area contributed by atoms with Gasteiger partial charge in [0.25, 0.3) is 5.56 Å². The normalized spacial score (nSPS) is 10.5. The highest BCUT2D eigenvalue weighted by atomic mass is 19.1. The molecule has 5 nitrogen and oxygen atoms in total. The molecular weight excluding hydrogens is 227 g/mol. The van der Waals surface area contributed by atoms with Gasteiger partial charge in [-0.3, -0.25) is 9.89 Å². The monoisotopic (exact) mass is 236 g/mol. The predicted octanol–water partition coefficient (Wildman–Crippen LogP) is 1.31. The van der Waals surface area contributed by atoms with Gasteiger partial charge in [-0.25, -0.2) is 13.9 Å². The number of aromatic carboxylic acids is 1. The average Bonchev–Trinajstić information content (AvgIpc) is 2.55. The Bertz CT molecular complexity index is 642. The third-order valence-corrected chi connectivity index (χ3v) is 2.38. The largest absolute Gasteiger partial charge is 0.477 e. The number of aromatic nitrogens is 2. The Morgan fingerprint density at radius 3 is 2.59 bits per heavy atom. The van der Waals surface area contributed by atoms with Gasteiger partial charge in [-0.05, 0) is 19.1 Å². The van der Waals surface area contributed by atoms with E-state index in [1.54, 1.807) is 6.07 Å². The van der Waals surface area contributed by atoms with Gasteiger partial charge in [0, 0.05) is 5.69 Å². The minimum atomic E-state index is -1.33. The number of rotatable bonds is 2. The van der Waals surface area contributed by atoms with Crippen molar-refractivity contribution in [2.24, 2.45) is 0 Å². The number of halogens is 1. The van der Waals surface area contributed by atoms with Gasteiger partial charge in [0.15, 0.2) is 0 Å². The first-order valence-electron chi connectivity index (χ1n) is 4.82. The number of hydrogen-bond donors (Lipinski definition) is 2. The van der Waals surface area contributed by atoms with Gasteiger partial charge in [0.2, 0.25) is 0 Å². The van der Waals surface area contributed by atoms with Crippen molar-refractivity contribution in [3.63, 3.8) is 0 Å². The molecule has 0 saturated heterocycles. The van der Waals surface area contributed by atoms with E-state index in [9.17, 15) is 14.0 Å². The van der Waals surface area contributed by atoms with E-state index in [0.29, 0.717) is 0 Å². The van der Waals surface area contributed by atoms with Gasteiger partial charge in [0.05, 0.1) is 0 Å². The third kappa shape index (κ3) is 1.73. The lowest BCUT2D eigenvalue weighted by Crippen LogP contribution is -2.20. The number of hydrogen-bond acceptors (Lipinski definition) is 2. The average molecular weight is 236 g/mol. The van der Waals surface area contributed by atoms with E-state index in [-0.39, 0.29) is 16.9 Å². The maximum atomic E-state index is 13.5. The summed E-state index contributed by atoms with van der Waals surface area (Å²) < 4.78 is 14.4. The molecule has 0 fully saturated rings. The number of aryl methyl sites for hydroxylation is 1. The minimum Gasteiger partial charge on any atom is -0.477 e. The summed E-state index contributed by atoms with van der Waals surface area (Å²) in [6.45, 7) is 1.45. The van der Waals surface area contributed by atoms with E-state index in [2.05, 4.69) is 5.10 Å². The Morgan fingerprint density at radius 1 is 1.41 bits per heavy atom. The van der Waals surface area contributed by atoms with Crippen LogP contribution in [0.15, 0.2) is 29.1 Å². The van der Waals surface area contributed by atoms with Gasteiger partial charge < -0.3 is 5.11 Å². The Labute approximate surface area is 95.1 Å². The molecule has 0 radical (unpaired) electrons. The SMILES string of the molecule is Cc1[nH]n(-c2ccccc2F)c(=O)c1C(=O)O. The molecule has 0 unspecified atom stereocenters. The third-order valence-electron chi connectivity index (χ3n) is 2.38. The maximum Gasteiger partial charge on any atom is 0.343 e. The number of carbonyl (C=O) groups is 1. The summed E-state index contributed by atoms with van der Waals surface area (Å²) >= 11 is 0. The van der Waals surface area contributed by atoms with Crippen LogP contribution in [0.2, 0.25) is 0 Å². The zero-order valence-electron chi connectivity index (χ0n) is 8.90. The van der Waals surface area contributed by atoms with Gasteiger partial charge in [-0.2, -0.15) is 0 Å². The fourth-order valence-electron chi connectivity index (χ4n) is 1.60. The summed E-state index contributed by atoms with van der Waals surface area (Å²) in [5, 5.41) is 11.4. The molecular formula is C11H9FN2O3. The summed E-state index contributed by atoms with van der Waals surface area (Å²) in [6.07, 6.45) is 0. The van der Waals surface area contributed by atoms with Gasteiger partial charge in [0.1, 0.15) is 17.1 Å². The van der Waals surface area contributed by atoms with Crippen molar-refractivity contribution in [3.05, 3.63) is 51.7 Å². The number of H-pyrrole nitrogens is 1. The van der Waals surface area contributed by atoms with E-state index >= 15 is 0 Å². The molecule has 2 rings (SSSR count). The van der Waals surface area contributed by atoms with E-state index in [0.717, 1.165) is 4.68 Å². The smallest absolute Gasteiger partial charge is 0.343 e. The van der Waals surface area contributed by atoms with Crippen molar-refractivity contribution in [2.75, 3.05) is 0 Å². The van der Waals surface area contributed by atoms with Crippen LogP contribution in [0.25, 0.3) is 5.69 Å². The Hall–Kier alpha value is -2.37. The molecule has 17 heavy (non-hydrogen) atoms. The zero-order chi connectivity index (χ0) is 12.6. The van der Waals surface area contributed by atoms with Crippen LogP contribution in [0.5, 0.6) is 0 Å². The Balaban J connectivity index is 2.71. The van der Waals surface area contributed by atoms with E-state index in [1.807, 2.05) is 0 Å². The van der Waals surface area contributed by atoms with E-state index < -0.39 is 17.3 Å². The second-order valence-electron chi connectivity index (χ2n) is 3.51. The van der Waals surface area contributed by atoms with Crippen LogP contribution in [0, 0.1) is 12.7 Å². The van der Waals surface area contributed by atoms with Crippen molar-refractivity contribution in [1.29, 1.82) is 0 Å². The number of carboxylic acid groups (broad SMARTS) is 1. The van der Waals surface area contributed by atoms with Crippen LogP contribution in [-0.2, 0) is 0 Å². The fourth-order valence-corrected chi connectivity index (χ4v) is 1.60. The molecule has 0 bridgehead atoms. The molecule has 88 valence electrons. The molecule has 0 aliphatic heterocycles. The summed E-state index contributed by atoms with van der Waals surface area (Å²) in [4.78, 5) is 22.6. The lowest BCUT2D eigenvalue weighted by molar-refractivity contribution is 0.0694. The molecule has 0 saturated carbocycles. The van der Waals surface area contributed by atoms with Crippen molar-refractivity contribution in [3.8, 4) is 5.69 Å². The number of para-hydroxylation sites is 1. The highest BCUT2D eigenvalue weighted by Crippen LogP contribution is 2.11. The quantitative estimate of drug-likeness (QED) is 0.825. The Kier molecular flexibility index (Phi) is 2.55. The van der Waals surface area contributed by atoms with E-state index in [1.165, 1.54) is 25.1 Å². The zero-order valence-corrected chi connectivity index (χ0v) is 8.90. The van der Waals surface area contributed by atoms with Crippen LogP contribution < -0.4 is 5.56 Å². The van der Waals surface area contributed by atoms with Gasteiger partial charge in [-0.1, -0.05) is 12.1 Å². The molecule has 1 heterocycles. The van der Waals surface area contributed by atoms with Crippen molar-refractivity contribution >= 4 is 5.97 Å². The number of nitrogens with zero attached hydrogens (tertiary/aromatic N) is 1. The molecule has 2 aromatic rings. The number of benzene rings is 1. The predicted molar refractivity (Wildman–Crippen MR) is 58.0 cm³/mol. The summed E-state index contributed by atoms with van der Waals surface area (Å²) in [7, 11) is 0. The first-order valence-corrected chi connectivity index (χ1v) is 4.82. The number of aromatic amines is 1. The highest BCUT2D eigenvalue weighted by Gasteiger charge is 2.19. The molecule has 0 aliphatic carbocycles. The highest BCUT2D eigenvalue weighted by molar-refractivity contribution is 5.88. The Morgan fingerprint density at radius 2 is 2.06 bits per heavy atom. The van der Waals surface area contributed by atoms with E-state index in [4.69, 9.17) is 5.11 Å². The second kappa shape index (κ2) is 3.89. The van der Waals surface area contributed by atoms with Gasteiger partial charge in [-0.15, -0.1) is 0 Å². The fraction of sp³-hybridized carbons (Fsp3) is 0.0909. The summed E-state index contributed by atoms with van der Waals surface area (Å²) in [6, 6.07) is 5.62. The molecule has 0 aliphatic rings. The van der Waals surface area contributed by atoms with Crippen LogP contribution in [0.1, 0.15) is 16.1 Å². The maximum absolute atomic E-state index is 13.5. The van der Waals surface area contributed by atoms with Crippen LogP contribution >= 0.6 is 0 Å². The second-order valence-corrected chi connectivity index (χ2v) is 3.51.